The molecular formula is C26H26ClN5. The van der Waals surface area contributed by atoms with E-state index in [1.165, 1.54) is 5.56 Å². The number of pyridine rings is 1. The Hall–Kier alpha value is -3.07. The number of hydrogen-bond donors (Lipinski definition) is 0. The van der Waals surface area contributed by atoms with Crippen molar-refractivity contribution in [2.24, 2.45) is 0 Å². The number of benzene rings is 2. The summed E-state index contributed by atoms with van der Waals surface area (Å²) in [7, 11) is 0. The first kappa shape index (κ1) is 20.8. The van der Waals surface area contributed by atoms with Crippen LogP contribution in [0.1, 0.15) is 30.0 Å². The van der Waals surface area contributed by atoms with E-state index in [0.29, 0.717) is 5.56 Å². The first-order chi connectivity index (χ1) is 15.7. The predicted octanol–water partition coefficient (Wildman–Crippen LogP) is 5.29. The highest BCUT2D eigenvalue weighted by Gasteiger charge is 2.23. The lowest BCUT2D eigenvalue weighted by molar-refractivity contribution is 0.249. The molecule has 1 saturated heterocycles. The monoisotopic (exact) mass is 443 g/mol. The second-order valence-corrected chi connectivity index (χ2v) is 8.85. The van der Waals surface area contributed by atoms with Gasteiger partial charge in [0.2, 0.25) is 0 Å². The summed E-state index contributed by atoms with van der Waals surface area (Å²) >= 11 is 6.03. The summed E-state index contributed by atoms with van der Waals surface area (Å²) < 4.78 is 2.18. The molecule has 5 nitrogen and oxygen atoms in total. The number of imidazole rings is 1. The Morgan fingerprint density at radius 2 is 1.78 bits per heavy atom. The summed E-state index contributed by atoms with van der Waals surface area (Å²) in [5, 5.41) is 10.7. The number of hydrogen-bond acceptors (Lipinski definition) is 4. The van der Waals surface area contributed by atoms with Crippen molar-refractivity contribution in [2.45, 2.75) is 26.3 Å². The van der Waals surface area contributed by atoms with E-state index in [0.717, 1.165) is 78.6 Å². The van der Waals surface area contributed by atoms with Crippen molar-refractivity contribution in [3.63, 3.8) is 0 Å². The van der Waals surface area contributed by atoms with Gasteiger partial charge in [-0.25, -0.2) is 4.98 Å². The number of aromatic nitrogens is 2. The maximum Gasteiger partial charge on any atom is 0.157 e. The molecule has 6 heteroatoms. The molecule has 1 fully saturated rings. The van der Waals surface area contributed by atoms with Crippen LogP contribution in [0.4, 0.5) is 5.82 Å². The highest BCUT2D eigenvalue weighted by Crippen LogP contribution is 2.30. The second-order valence-electron chi connectivity index (χ2n) is 8.41. The third-order valence-corrected chi connectivity index (χ3v) is 6.54. The minimum Gasteiger partial charge on any atom is -0.355 e. The number of para-hydroxylation sites is 2. The van der Waals surface area contributed by atoms with Gasteiger partial charge < -0.3 is 4.90 Å². The number of piperazine rings is 1. The molecular weight excluding hydrogens is 418 g/mol. The standard InChI is InChI=1S/C26H26ClN5/c1-2-5-20-16-25(32-24-7-4-3-6-23(24)29-26(32)22(20)17-28)31-14-12-30(13-15-31)18-19-8-10-21(27)11-9-19/h3-4,6-11,16H,2,5,12-15,18H2,1H3. The molecule has 0 bridgehead atoms. The fourth-order valence-corrected chi connectivity index (χ4v) is 4.79. The van der Waals surface area contributed by atoms with Crippen molar-refractivity contribution >= 4 is 34.1 Å². The van der Waals surface area contributed by atoms with E-state index in [4.69, 9.17) is 16.6 Å². The van der Waals surface area contributed by atoms with Crippen molar-refractivity contribution < 1.29 is 0 Å². The van der Waals surface area contributed by atoms with Crippen LogP contribution in [0, 0.1) is 11.3 Å². The van der Waals surface area contributed by atoms with Gasteiger partial charge >= 0.3 is 0 Å². The minimum atomic E-state index is 0.702. The van der Waals surface area contributed by atoms with E-state index in [-0.39, 0.29) is 0 Å². The third kappa shape index (κ3) is 3.81. The van der Waals surface area contributed by atoms with Gasteiger partial charge in [-0.05, 0) is 47.9 Å². The Kier molecular flexibility index (Phi) is 5.73. The van der Waals surface area contributed by atoms with Gasteiger partial charge in [-0.15, -0.1) is 0 Å². The highest BCUT2D eigenvalue weighted by atomic mass is 35.5. The normalized spacial score (nSPS) is 14.8. The van der Waals surface area contributed by atoms with Crippen LogP contribution < -0.4 is 4.90 Å². The molecule has 0 N–H and O–H groups in total. The smallest absolute Gasteiger partial charge is 0.157 e. The number of nitriles is 1. The average molecular weight is 444 g/mol. The number of halogens is 1. The van der Waals surface area contributed by atoms with Gasteiger partial charge in [-0.2, -0.15) is 5.26 Å². The Balaban J connectivity index is 1.48. The summed E-state index contributed by atoms with van der Waals surface area (Å²) in [6.07, 6.45) is 1.88. The molecule has 0 saturated carbocycles. The van der Waals surface area contributed by atoms with E-state index < -0.39 is 0 Å². The quantitative estimate of drug-likeness (QED) is 0.420. The Bertz CT molecular complexity index is 1290. The lowest BCUT2D eigenvalue weighted by atomic mass is 10.0. The molecule has 5 rings (SSSR count). The maximum absolute atomic E-state index is 9.93. The molecule has 162 valence electrons. The summed E-state index contributed by atoms with van der Waals surface area (Å²) in [4.78, 5) is 9.78. The van der Waals surface area contributed by atoms with Crippen LogP contribution >= 0.6 is 11.6 Å². The largest absolute Gasteiger partial charge is 0.355 e. The molecule has 3 heterocycles. The van der Waals surface area contributed by atoms with Crippen molar-refractivity contribution in [3.8, 4) is 6.07 Å². The first-order valence-electron chi connectivity index (χ1n) is 11.2. The van der Waals surface area contributed by atoms with Crippen LogP contribution in [0.25, 0.3) is 16.7 Å². The molecule has 0 aliphatic carbocycles. The minimum absolute atomic E-state index is 0.702. The van der Waals surface area contributed by atoms with Crippen LogP contribution in [0.5, 0.6) is 0 Å². The first-order valence-corrected chi connectivity index (χ1v) is 11.6. The molecule has 32 heavy (non-hydrogen) atoms. The van der Waals surface area contributed by atoms with Gasteiger partial charge in [0.05, 0.1) is 16.6 Å². The van der Waals surface area contributed by atoms with Gasteiger partial charge in [0.1, 0.15) is 11.9 Å². The average Bonchev–Trinajstić information content (AvgIpc) is 3.20. The molecule has 2 aromatic carbocycles. The predicted molar refractivity (Wildman–Crippen MR) is 130 cm³/mol. The topological polar surface area (TPSA) is 47.6 Å². The van der Waals surface area contributed by atoms with Crippen LogP contribution in [0.15, 0.2) is 54.6 Å². The molecule has 1 aliphatic heterocycles. The number of aryl methyl sites for hydroxylation is 1. The fourth-order valence-electron chi connectivity index (χ4n) is 4.67. The molecule has 0 amide bonds. The zero-order valence-electron chi connectivity index (χ0n) is 18.3. The Morgan fingerprint density at radius 1 is 1.03 bits per heavy atom. The summed E-state index contributed by atoms with van der Waals surface area (Å²) in [5.74, 6) is 1.14. The van der Waals surface area contributed by atoms with Crippen molar-refractivity contribution in [3.05, 3.63) is 76.3 Å². The van der Waals surface area contributed by atoms with Gasteiger partial charge in [-0.3, -0.25) is 9.30 Å². The molecule has 0 unspecified atom stereocenters. The summed E-state index contributed by atoms with van der Waals surface area (Å²) in [6.45, 7) is 6.94. The van der Waals surface area contributed by atoms with E-state index >= 15 is 0 Å². The SMILES string of the molecule is CCCc1cc(N2CCN(Cc3ccc(Cl)cc3)CC2)n2c(nc3ccccc32)c1C#N. The van der Waals surface area contributed by atoms with Gasteiger partial charge in [0, 0.05) is 37.7 Å². The zero-order valence-corrected chi connectivity index (χ0v) is 19.0. The molecule has 0 atom stereocenters. The van der Waals surface area contributed by atoms with Crippen LogP contribution in [0.2, 0.25) is 5.02 Å². The number of nitrogens with zero attached hydrogens (tertiary/aromatic N) is 5. The van der Waals surface area contributed by atoms with E-state index in [2.05, 4.69) is 51.5 Å². The van der Waals surface area contributed by atoms with Crippen LogP contribution in [-0.2, 0) is 13.0 Å². The number of rotatable bonds is 5. The summed E-state index contributed by atoms with van der Waals surface area (Å²) in [6, 6.07) is 20.9. The summed E-state index contributed by atoms with van der Waals surface area (Å²) in [5.41, 5.74) is 5.85. The third-order valence-electron chi connectivity index (χ3n) is 6.28. The van der Waals surface area contributed by atoms with E-state index in [9.17, 15) is 5.26 Å². The second kappa shape index (κ2) is 8.82. The Morgan fingerprint density at radius 3 is 2.50 bits per heavy atom. The lowest BCUT2D eigenvalue weighted by Crippen LogP contribution is -2.46. The highest BCUT2D eigenvalue weighted by molar-refractivity contribution is 6.30. The lowest BCUT2D eigenvalue weighted by Gasteiger charge is -2.36. The van der Waals surface area contributed by atoms with Crippen LogP contribution in [0.3, 0.4) is 0 Å². The van der Waals surface area contributed by atoms with Crippen molar-refractivity contribution in [1.29, 1.82) is 5.26 Å². The van der Waals surface area contributed by atoms with Gasteiger partial charge in [0.15, 0.2) is 5.65 Å². The Labute approximate surface area is 193 Å². The van der Waals surface area contributed by atoms with Gasteiger partial charge in [-0.1, -0.05) is 49.2 Å². The van der Waals surface area contributed by atoms with Crippen molar-refractivity contribution in [1.82, 2.24) is 14.3 Å². The zero-order chi connectivity index (χ0) is 22.1. The van der Waals surface area contributed by atoms with E-state index in [1.807, 2.05) is 30.3 Å². The van der Waals surface area contributed by atoms with E-state index in [1.54, 1.807) is 0 Å². The molecule has 4 aromatic rings. The fraction of sp³-hybridized carbons (Fsp3) is 0.308. The van der Waals surface area contributed by atoms with Crippen molar-refractivity contribution in [2.75, 3.05) is 31.1 Å². The number of fused-ring (bicyclic) bond motifs is 3. The maximum atomic E-state index is 9.93. The van der Waals surface area contributed by atoms with Crippen LogP contribution in [-0.4, -0.2) is 40.5 Å². The molecule has 0 radical (unpaired) electrons. The molecule has 0 spiro atoms. The number of anilines is 1. The molecule has 2 aromatic heterocycles. The molecule has 1 aliphatic rings. The van der Waals surface area contributed by atoms with Gasteiger partial charge in [0.25, 0.3) is 0 Å².